The van der Waals surface area contributed by atoms with Gasteiger partial charge in [-0.3, -0.25) is 4.79 Å². The Kier molecular flexibility index (Phi) is 4.22. The van der Waals surface area contributed by atoms with Gasteiger partial charge in [-0.1, -0.05) is 15.9 Å². The summed E-state index contributed by atoms with van der Waals surface area (Å²) in [4.78, 5) is 11.4. The number of benzene rings is 2. The van der Waals surface area contributed by atoms with Gasteiger partial charge in [0.05, 0.1) is 16.8 Å². The number of hydrogen-bond donors (Lipinski definition) is 2. The summed E-state index contributed by atoms with van der Waals surface area (Å²) in [5.74, 6) is -0.634. The lowest BCUT2D eigenvalue weighted by Gasteiger charge is -2.12. The molecule has 1 amide bonds. The summed E-state index contributed by atoms with van der Waals surface area (Å²) in [5, 5.41) is 2.87. The number of hydrogen-bond acceptors (Lipinski definition) is 2. The van der Waals surface area contributed by atoms with E-state index in [0.29, 0.717) is 15.8 Å². The fourth-order valence-electron chi connectivity index (χ4n) is 1.73. The van der Waals surface area contributed by atoms with E-state index in [1.54, 1.807) is 12.1 Å². The van der Waals surface area contributed by atoms with Crippen molar-refractivity contribution in [3.63, 3.8) is 0 Å². The van der Waals surface area contributed by atoms with Crippen LogP contribution in [0, 0.1) is 0 Å². The summed E-state index contributed by atoms with van der Waals surface area (Å²) in [6.45, 7) is 0. The van der Waals surface area contributed by atoms with Crippen LogP contribution in [0.25, 0.3) is 0 Å². The highest BCUT2D eigenvalue weighted by Crippen LogP contribution is 2.31. The molecule has 0 radical (unpaired) electrons. The molecule has 3 nitrogen and oxygen atoms in total. The number of amides is 1. The van der Waals surface area contributed by atoms with Crippen molar-refractivity contribution in [2.45, 2.75) is 6.18 Å². The van der Waals surface area contributed by atoms with Gasteiger partial charge in [-0.05, 0) is 42.5 Å². The van der Waals surface area contributed by atoms with E-state index in [-0.39, 0.29) is 5.56 Å². The smallest absolute Gasteiger partial charge is 0.366 e. The molecule has 0 unspecified atom stereocenters. The van der Waals surface area contributed by atoms with Crippen LogP contribution in [0.15, 0.2) is 46.9 Å². The maximum Gasteiger partial charge on any atom is 0.416 e. The van der Waals surface area contributed by atoms with Gasteiger partial charge >= 0.3 is 6.18 Å². The fraction of sp³-hybridized carbons (Fsp3) is 0.0714. The summed E-state index contributed by atoms with van der Waals surface area (Å²) in [5.41, 5.74) is 5.62. The predicted octanol–water partition coefficient (Wildman–Crippen LogP) is 4.31. The fourth-order valence-corrected chi connectivity index (χ4v) is 2.09. The monoisotopic (exact) mass is 358 g/mol. The highest BCUT2D eigenvalue weighted by Gasteiger charge is 2.29. The van der Waals surface area contributed by atoms with Gasteiger partial charge in [0, 0.05) is 10.2 Å². The Balaban J connectivity index is 2.28. The molecule has 2 aromatic rings. The van der Waals surface area contributed by atoms with Gasteiger partial charge in [0.2, 0.25) is 0 Å². The zero-order chi connectivity index (χ0) is 15.6. The first-order chi connectivity index (χ1) is 9.77. The van der Waals surface area contributed by atoms with E-state index >= 15 is 0 Å². The van der Waals surface area contributed by atoms with Crippen LogP contribution in [0.3, 0.4) is 0 Å². The quantitative estimate of drug-likeness (QED) is 0.858. The van der Waals surface area contributed by atoms with Gasteiger partial charge in [0.25, 0.3) is 5.91 Å². The second-order valence-electron chi connectivity index (χ2n) is 4.25. The molecular formula is C14H10BrF3N2O. The lowest BCUT2D eigenvalue weighted by atomic mass is 10.1. The molecule has 0 saturated heterocycles. The van der Waals surface area contributed by atoms with Crippen LogP contribution in [0.5, 0.6) is 0 Å². The molecule has 0 atom stereocenters. The molecule has 110 valence electrons. The number of alkyl halides is 3. The normalized spacial score (nSPS) is 11.2. The van der Waals surface area contributed by atoms with E-state index < -0.39 is 17.6 Å². The summed E-state index contributed by atoms with van der Waals surface area (Å²) in [6, 6.07) is 9.34. The molecule has 0 aromatic heterocycles. The molecule has 0 aliphatic rings. The van der Waals surface area contributed by atoms with E-state index in [2.05, 4.69) is 21.2 Å². The van der Waals surface area contributed by atoms with Crippen LogP contribution in [-0.2, 0) is 6.18 Å². The Bertz CT molecular complexity index is 669. The summed E-state index contributed by atoms with van der Waals surface area (Å²) < 4.78 is 38.1. The maximum atomic E-state index is 12.5. The minimum atomic E-state index is -4.38. The van der Waals surface area contributed by atoms with Gasteiger partial charge in [-0.25, -0.2) is 0 Å². The molecule has 7 heteroatoms. The first kappa shape index (κ1) is 15.4. The Morgan fingerprint density at radius 3 is 2.24 bits per heavy atom. The third-order valence-corrected chi connectivity index (χ3v) is 3.23. The average molecular weight is 359 g/mol. The third kappa shape index (κ3) is 3.75. The first-order valence-electron chi connectivity index (χ1n) is 5.81. The molecule has 0 spiro atoms. The Hall–Kier alpha value is -2.02. The molecule has 0 saturated carbocycles. The van der Waals surface area contributed by atoms with Crippen molar-refractivity contribution in [2.24, 2.45) is 5.73 Å². The standard InChI is InChI=1S/C14H10BrF3N2O/c15-9-3-6-12(11(7-9)13(19)21)20-10-4-1-8(2-5-10)14(16,17)18/h1-7,20H,(H2,19,21). The highest BCUT2D eigenvalue weighted by molar-refractivity contribution is 9.10. The van der Waals surface area contributed by atoms with Gasteiger partial charge in [0.1, 0.15) is 0 Å². The van der Waals surface area contributed by atoms with Crippen LogP contribution in [0.2, 0.25) is 0 Å². The van der Waals surface area contributed by atoms with Crippen molar-refractivity contribution >= 4 is 33.2 Å². The van der Waals surface area contributed by atoms with Gasteiger partial charge in [-0.15, -0.1) is 0 Å². The van der Waals surface area contributed by atoms with E-state index in [1.807, 2.05) is 0 Å². The van der Waals surface area contributed by atoms with Crippen LogP contribution in [0.1, 0.15) is 15.9 Å². The number of nitrogens with one attached hydrogen (secondary N) is 1. The number of carbonyl (C=O) groups is 1. The predicted molar refractivity (Wildman–Crippen MR) is 77.4 cm³/mol. The molecule has 21 heavy (non-hydrogen) atoms. The number of anilines is 2. The van der Waals surface area contributed by atoms with Crippen LogP contribution >= 0.6 is 15.9 Å². The van der Waals surface area contributed by atoms with Gasteiger partial charge in [-0.2, -0.15) is 13.2 Å². The summed E-state index contributed by atoms with van der Waals surface area (Å²) >= 11 is 3.22. The zero-order valence-electron chi connectivity index (χ0n) is 10.5. The molecular weight excluding hydrogens is 349 g/mol. The molecule has 0 bridgehead atoms. The number of primary amides is 1. The molecule has 0 aliphatic heterocycles. The third-order valence-electron chi connectivity index (χ3n) is 2.74. The minimum absolute atomic E-state index is 0.240. The molecule has 2 rings (SSSR count). The minimum Gasteiger partial charge on any atom is -0.366 e. The van der Waals surface area contributed by atoms with Crippen molar-refractivity contribution < 1.29 is 18.0 Å². The van der Waals surface area contributed by atoms with Crippen molar-refractivity contribution in [2.75, 3.05) is 5.32 Å². The first-order valence-corrected chi connectivity index (χ1v) is 6.60. The van der Waals surface area contributed by atoms with Crippen molar-refractivity contribution in [3.05, 3.63) is 58.1 Å². The van der Waals surface area contributed by atoms with E-state index in [4.69, 9.17) is 5.73 Å². The number of carbonyl (C=O) groups excluding carboxylic acids is 1. The molecule has 0 fully saturated rings. The Labute approximate surface area is 127 Å². The summed E-state index contributed by atoms with van der Waals surface area (Å²) in [7, 11) is 0. The highest BCUT2D eigenvalue weighted by atomic mass is 79.9. The van der Waals surface area contributed by atoms with Crippen LogP contribution in [-0.4, -0.2) is 5.91 Å². The molecule has 0 heterocycles. The van der Waals surface area contributed by atoms with Crippen molar-refractivity contribution in [1.29, 1.82) is 0 Å². The van der Waals surface area contributed by atoms with Gasteiger partial charge in [0.15, 0.2) is 0 Å². The number of rotatable bonds is 3. The topological polar surface area (TPSA) is 55.1 Å². The Morgan fingerprint density at radius 1 is 1.10 bits per heavy atom. The van der Waals surface area contributed by atoms with E-state index in [0.717, 1.165) is 12.1 Å². The second kappa shape index (κ2) is 5.77. The second-order valence-corrected chi connectivity index (χ2v) is 5.17. The lowest BCUT2D eigenvalue weighted by Crippen LogP contribution is -2.13. The SMILES string of the molecule is NC(=O)c1cc(Br)ccc1Nc1ccc(C(F)(F)F)cc1. The van der Waals surface area contributed by atoms with E-state index in [1.165, 1.54) is 18.2 Å². The van der Waals surface area contributed by atoms with Crippen LogP contribution < -0.4 is 11.1 Å². The zero-order valence-corrected chi connectivity index (χ0v) is 12.1. The van der Waals surface area contributed by atoms with Crippen molar-refractivity contribution in [3.8, 4) is 0 Å². The Morgan fingerprint density at radius 2 is 1.71 bits per heavy atom. The van der Waals surface area contributed by atoms with Gasteiger partial charge < -0.3 is 11.1 Å². The molecule has 2 aromatic carbocycles. The van der Waals surface area contributed by atoms with Crippen molar-refractivity contribution in [1.82, 2.24) is 0 Å². The lowest BCUT2D eigenvalue weighted by molar-refractivity contribution is -0.137. The number of nitrogens with two attached hydrogens (primary N) is 1. The average Bonchev–Trinajstić information content (AvgIpc) is 2.40. The maximum absolute atomic E-state index is 12.5. The largest absolute Gasteiger partial charge is 0.416 e. The molecule has 0 aliphatic carbocycles. The molecule has 3 N–H and O–H groups in total. The summed E-state index contributed by atoms with van der Waals surface area (Å²) in [6.07, 6.45) is -4.38. The number of halogens is 4. The van der Waals surface area contributed by atoms with E-state index in [9.17, 15) is 18.0 Å². The van der Waals surface area contributed by atoms with Crippen LogP contribution in [0.4, 0.5) is 24.5 Å².